The highest BCUT2D eigenvalue weighted by Gasteiger charge is 2.28. The summed E-state index contributed by atoms with van der Waals surface area (Å²) in [6, 6.07) is 6.83. The topological polar surface area (TPSA) is 21.3 Å². The highest BCUT2D eigenvalue weighted by atomic mass is 16.5. The molecule has 1 aliphatic carbocycles. The summed E-state index contributed by atoms with van der Waals surface area (Å²) >= 11 is 0. The van der Waals surface area contributed by atoms with Gasteiger partial charge in [-0.15, -0.1) is 0 Å². The molecule has 88 valence electrons. The molecule has 2 rings (SSSR count). The first-order valence-electron chi connectivity index (χ1n) is 6.12. The third-order valence-corrected chi connectivity index (χ3v) is 3.50. The second-order valence-corrected chi connectivity index (χ2v) is 4.70. The van der Waals surface area contributed by atoms with E-state index >= 15 is 0 Å². The minimum atomic E-state index is 0.338. The zero-order valence-electron chi connectivity index (χ0n) is 10.4. The minimum Gasteiger partial charge on any atom is -0.488 e. The molecule has 0 aliphatic heterocycles. The standard InChI is InChI=1S/C14H21NO/c1-10-6-4-7-11(2)14(10)16-13-9-5-8-12(13)15-3/h4,6-7,12-13,15H,5,8-9H2,1-3H3. The van der Waals surface area contributed by atoms with Crippen molar-refractivity contribution in [2.45, 2.75) is 45.3 Å². The summed E-state index contributed by atoms with van der Waals surface area (Å²) < 4.78 is 6.18. The van der Waals surface area contributed by atoms with Crippen LogP contribution < -0.4 is 10.1 Å². The molecule has 2 unspecified atom stereocenters. The van der Waals surface area contributed by atoms with Crippen LogP contribution in [0.5, 0.6) is 5.75 Å². The van der Waals surface area contributed by atoms with Crippen LogP contribution in [0, 0.1) is 13.8 Å². The van der Waals surface area contributed by atoms with Gasteiger partial charge in [0.05, 0.1) is 0 Å². The van der Waals surface area contributed by atoms with Crippen molar-refractivity contribution in [3.05, 3.63) is 29.3 Å². The number of hydrogen-bond donors (Lipinski definition) is 1. The van der Waals surface area contributed by atoms with Crippen LogP contribution in [0.1, 0.15) is 30.4 Å². The van der Waals surface area contributed by atoms with Crippen molar-refractivity contribution < 1.29 is 4.74 Å². The Bertz CT molecular complexity index is 342. The molecule has 1 N–H and O–H groups in total. The molecule has 0 spiro atoms. The average Bonchev–Trinajstić information content (AvgIpc) is 2.71. The lowest BCUT2D eigenvalue weighted by Crippen LogP contribution is -2.36. The van der Waals surface area contributed by atoms with Crippen LogP contribution in [0.4, 0.5) is 0 Å². The molecular weight excluding hydrogens is 198 g/mol. The van der Waals surface area contributed by atoms with Crippen LogP contribution in [-0.2, 0) is 0 Å². The number of benzene rings is 1. The van der Waals surface area contributed by atoms with Gasteiger partial charge in [0.1, 0.15) is 11.9 Å². The van der Waals surface area contributed by atoms with Crippen LogP contribution in [0.3, 0.4) is 0 Å². The van der Waals surface area contributed by atoms with Gasteiger partial charge in [0.15, 0.2) is 0 Å². The van der Waals surface area contributed by atoms with Crippen LogP contribution in [0.15, 0.2) is 18.2 Å². The Morgan fingerprint density at radius 2 is 1.88 bits per heavy atom. The van der Waals surface area contributed by atoms with Gasteiger partial charge in [-0.1, -0.05) is 18.2 Å². The highest BCUT2D eigenvalue weighted by molar-refractivity contribution is 5.40. The summed E-state index contributed by atoms with van der Waals surface area (Å²) in [5, 5.41) is 3.35. The van der Waals surface area contributed by atoms with Crippen molar-refractivity contribution >= 4 is 0 Å². The highest BCUT2D eigenvalue weighted by Crippen LogP contribution is 2.29. The van der Waals surface area contributed by atoms with E-state index in [1.165, 1.54) is 30.4 Å². The molecule has 0 saturated heterocycles. The van der Waals surface area contributed by atoms with Gasteiger partial charge in [0, 0.05) is 6.04 Å². The number of likely N-dealkylation sites (N-methyl/N-ethyl adjacent to an activating group) is 1. The molecule has 2 nitrogen and oxygen atoms in total. The van der Waals surface area contributed by atoms with Gasteiger partial charge in [-0.2, -0.15) is 0 Å². The quantitative estimate of drug-likeness (QED) is 0.844. The molecule has 1 aliphatic rings. The van der Waals surface area contributed by atoms with Crippen molar-refractivity contribution in [1.29, 1.82) is 0 Å². The SMILES string of the molecule is CNC1CCCC1Oc1c(C)cccc1C. The average molecular weight is 219 g/mol. The van der Waals surface area contributed by atoms with Crippen LogP contribution in [0.2, 0.25) is 0 Å². The second-order valence-electron chi connectivity index (χ2n) is 4.70. The number of para-hydroxylation sites is 1. The van der Waals surface area contributed by atoms with E-state index in [2.05, 4.69) is 37.4 Å². The molecule has 1 saturated carbocycles. The predicted molar refractivity (Wildman–Crippen MR) is 67.0 cm³/mol. The zero-order valence-corrected chi connectivity index (χ0v) is 10.4. The lowest BCUT2D eigenvalue weighted by Gasteiger charge is -2.23. The molecular formula is C14H21NO. The van der Waals surface area contributed by atoms with Crippen LogP contribution in [-0.4, -0.2) is 19.2 Å². The minimum absolute atomic E-state index is 0.338. The summed E-state index contributed by atoms with van der Waals surface area (Å²) in [6.07, 6.45) is 4.00. The monoisotopic (exact) mass is 219 g/mol. The van der Waals surface area contributed by atoms with Gasteiger partial charge >= 0.3 is 0 Å². The second kappa shape index (κ2) is 4.88. The predicted octanol–water partition coefficient (Wildman–Crippen LogP) is 2.82. The normalized spacial score (nSPS) is 24.7. The van der Waals surface area contributed by atoms with Crippen molar-refractivity contribution in [1.82, 2.24) is 5.32 Å². The molecule has 16 heavy (non-hydrogen) atoms. The van der Waals surface area contributed by atoms with Crippen molar-refractivity contribution in [2.24, 2.45) is 0 Å². The molecule has 1 aromatic rings. The summed E-state index contributed by atoms with van der Waals surface area (Å²) in [5.41, 5.74) is 2.48. The lowest BCUT2D eigenvalue weighted by molar-refractivity contribution is 0.176. The Hall–Kier alpha value is -1.02. The summed E-state index contributed by atoms with van der Waals surface area (Å²) in [4.78, 5) is 0. The first-order valence-corrected chi connectivity index (χ1v) is 6.12. The largest absolute Gasteiger partial charge is 0.488 e. The number of aryl methyl sites for hydroxylation is 2. The van der Waals surface area contributed by atoms with Gasteiger partial charge in [-0.25, -0.2) is 0 Å². The fourth-order valence-electron chi connectivity index (χ4n) is 2.53. The smallest absolute Gasteiger partial charge is 0.125 e. The van der Waals surface area contributed by atoms with E-state index in [-0.39, 0.29) is 0 Å². The van der Waals surface area contributed by atoms with Crippen molar-refractivity contribution in [3.8, 4) is 5.75 Å². The Morgan fingerprint density at radius 3 is 2.50 bits per heavy atom. The van der Waals surface area contributed by atoms with E-state index in [9.17, 15) is 0 Å². The summed E-state index contributed by atoms with van der Waals surface area (Å²) in [6.45, 7) is 4.23. The van der Waals surface area contributed by atoms with Crippen LogP contribution in [0.25, 0.3) is 0 Å². The number of ether oxygens (including phenoxy) is 1. The Balaban J connectivity index is 2.14. The number of nitrogens with one attached hydrogen (secondary N) is 1. The third kappa shape index (κ3) is 2.22. The summed E-state index contributed by atoms with van der Waals surface area (Å²) in [5.74, 6) is 1.08. The maximum atomic E-state index is 6.18. The third-order valence-electron chi connectivity index (χ3n) is 3.50. The zero-order chi connectivity index (χ0) is 11.5. The first-order chi connectivity index (χ1) is 7.72. The van der Waals surface area contributed by atoms with Crippen molar-refractivity contribution in [3.63, 3.8) is 0 Å². The van der Waals surface area contributed by atoms with Gasteiger partial charge in [0.2, 0.25) is 0 Å². The first kappa shape index (κ1) is 11.5. The fourth-order valence-corrected chi connectivity index (χ4v) is 2.53. The van der Waals surface area contributed by atoms with E-state index < -0.39 is 0 Å². The molecule has 2 heteroatoms. The maximum Gasteiger partial charge on any atom is 0.125 e. The molecule has 1 fully saturated rings. The van der Waals surface area contributed by atoms with E-state index in [1.807, 2.05) is 7.05 Å². The molecule has 2 atom stereocenters. The van der Waals surface area contributed by atoms with Gasteiger partial charge in [-0.3, -0.25) is 0 Å². The molecule has 0 aromatic heterocycles. The summed E-state index contributed by atoms with van der Waals surface area (Å²) in [7, 11) is 2.02. The number of rotatable bonds is 3. The van der Waals surface area contributed by atoms with E-state index in [4.69, 9.17) is 4.74 Å². The van der Waals surface area contributed by atoms with Gasteiger partial charge in [0.25, 0.3) is 0 Å². The van der Waals surface area contributed by atoms with E-state index in [0.717, 1.165) is 5.75 Å². The maximum absolute atomic E-state index is 6.18. The Labute approximate surface area is 98.0 Å². The van der Waals surface area contributed by atoms with Crippen molar-refractivity contribution in [2.75, 3.05) is 7.05 Å². The van der Waals surface area contributed by atoms with Gasteiger partial charge in [-0.05, 0) is 51.3 Å². The van der Waals surface area contributed by atoms with E-state index in [0.29, 0.717) is 12.1 Å². The molecule has 0 radical (unpaired) electrons. The molecule has 1 aromatic carbocycles. The number of hydrogen-bond acceptors (Lipinski definition) is 2. The molecule has 0 heterocycles. The molecule has 0 amide bonds. The van der Waals surface area contributed by atoms with E-state index in [1.54, 1.807) is 0 Å². The van der Waals surface area contributed by atoms with Gasteiger partial charge < -0.3 is 10.1 Å². The van der Waals surface area contributed by atoms with Crippen LogP contribution >= 0.6 is 0 Å². The lowest BCUT2D eigenvalue weighted by atomic mass is 10.1. The Morgan fingerprint density at radius 1 is 1.19 bits per heavy atom. The molecule has 0 bridgehead atoms. The Kier molecular flexibility index (Phi) is 3.49. The fraction of sp³-hybridized carbons (Fsp3) is 0.571.